The fraction of sp³-hybridized carbons (Fsp3) is 1.00. The van der Waals surface area contributed by atoms with Gasteiger partial charge in [0, 0.05) is 0 Å². The predicted octanol–water partition coefficient (Wildman–Crippen LogP) is 1.71. The number of hydrogen-bond acceptors (Lipinski definition) is 9. The van der Waals surface area contributed by atoms with Gasteiger partial charge in [-0.15, -0.1) is 0 Å². The van der Waals surface area contributed by atoms with Crippen molar-refractivity contribution in [3.63, 3.8) is 0 Å². The SMILES string of the molecule is SCC(S)C[O][Bi]([O]CC(S)CS)[O]CC(S)CS. The number of rotatable bonds is 12. The van der Waals surface area contributed by atoms with Crippen molar-refractivity contribution < 1.29 is 8.44 Å². The van der Waals surface area contributed by atoms with E-state index in [-0.39, 0.29) is 15.7 Å². The average molecular weight is 579 g/mol. The zero-order chi connectivity index (χ0) is 14.7. The number of thiol groups is 6. The molecule has 0 aromatic rings. The van der Waals surface area contributed by atoms with Crippen molar-refractivity contribution in [1.82, 2.24) is 0 Å². The van der Waals surface area contributed by atoms with Crippen LogP contribution in [-0.2, 0) is 8.44 Å². The first-order valence-corrected chi connectivity index (χ1v) is 13.3. The van der Waals surface area contributed by atoms with Gasteiger partial charge in [0.05, 0.1) is 0 Å². The Morgan fingerprint density at radius 2 is 0.895 bits per heavy atom. The Hall–Kier alpha value is 2.86. The molecule has 0 heterocycles. The van der Waals surface area contributed by atoms with Crippen LogP contribution >= 0.6 is 75.8 Å². The van der Waals surface area contributed by atoms with E-state index in [9.17, 15) is 0 Å². The van der Waals surface area contributed by atoms with Crippen LogP contribution in [0.4, 0.5) is 0 Å². The summed E-state index contributed by atoms with van der Waals surface area (Å²) in [5, 5.41) is 0.254. The molecule has 3 nitrogen and oxygen atoms in total. The maximum atomic E-state index is 5.70. The molecular weight excluding hydrogens is 557 g/mol. The van der Waals surface area contributed by atoms with Crippen LogP contribution in [0.15, 0.2) is 0 Å². The first-order valence-electron chi connectivity index (χ1n) is 5.59. The van der Waals surface area contributed by atoms with Gasteiger partial charge < -0.3 is 0 Å². The van der Waals surface area contributed by atoms with Crippen LogP contribution in [0.25, 0.3) is 0 Å². The van der Waals surface area contributed by atoms with Crippen molar-refractivity contribution in [3.8, 4) is 0 Å². The molecule has 0 aromatic heterocycles. The van der Waals surface area contributed by atoms with E-state index in [0.29, 0.717) is 37.1 Å². The molecule has 19 heavy (non-hydrogen) atoms. The second-order valence-corrected chi connectivity index (χ2v) is 11.7. The Kier molecular flexibility index (Phi) is 16.6. The summed E-state index contributed by atoms with van der Waals surface area (Å²) in [4.78, 5) is 0. The van der Waals surface area contributed by atoms with Crippen LogP contribution in [0.1, 0.15) is 0 Å². The van der Waals surface area contributed by atoms with Crippen molar-refractivity contribution >= 4 is 98.8 Å². The minimum atomic E-state index is -2.87. The molecule has 0 N–H and O–H groups in total. The summed E-state index contributed by atoms with van der Waals surface area (Å²) in [6.07, 6.45) is 0. The van der Waals surface area contributed by atoms with Crippen molar-refractivity contribution in [2.45, 2.75) is 15.7 Å². The van der Waals surface area contributed by atoms with Gasteiger partial charge in [-0.2, -0.15) is 0 Å². The molecule has 0 aromatic carbocycles. The summed E-state index contributed by atoms with van der Waals surface area (Å²) in [6, 6.07) is 0. The van der Waals surface area contributed by atoms with Gasteiger partial charge in [-0.1, -0.05) is 0 Å². The second kappa shape index (κ2) is 14.5. The normalized spacial score (nSPS) is 16.6. The molecule has 0 saturated heterocycles. The van der Waals surface area contributed by atoms with Crippen molar-refractivity contribution in [1.29, 1.82) is 0 Å². The average Bonchev–Trinajstić information content (AvgIpc) is 2.44. The van der Waals surface area contributed by atoms with Crippen molar-refractivity contribution in [2.24, 2.45) is 0 Å². The van der Waals surface area contributed by atoms with Crippen molar-refractivity contribution in [2.75, 3.05) is 37.1 Å². The molecule has 0 amide bonds. The fourth-order valence-corrected chi connectivity index (χ4v) is 7.08. The topological polar surface area (TPSA) is 27.7 Å². The van der Waals surface area contributed by atoms with Crippen LogP contribution in [0, 0.1) is 0 Å². The predicted molar refractivity (Wildman–Crippen MR) is 103 cm³/mol. The molecule has 3 atom stereocenters. The Morgan fingerprint density at radius 3 is 1.11 bits per heavy atom. The second-order valence-electron chi connectivity index (χ2n) is 3.62. The van der Waals surface area contributed by atoms with Gasteiger partial charge in [-0.25, -0.2) is 0 Å². The summed E-state index contributed by atoms with van der Waals surface area (Å²) in [7, 11) is 0. The molecule has 0 fully saturated rings. The molecule has 10 heteroatoms. The van der Waals surface area contributed by atoms with Gasteiger partial charge in [0.25, 0.3) is 0 Å². The molecule has 0 radical (unpaired) electrons. The van der Waals surface area contributed by atoms with Gasteiger partial charge in [0.2, 0.25) is 0 Å². The van der Waals surface area contributed by atoms with Gasteiger partial charge in [-0.3, -0.25) is 0 Å². The van der Waals surface area contributed by atoms with E-state index in [2.05, 4.69) is 75.8 Å². The summed E-state index contributed by atoms with van der Waals surface area (Å²) in [6.45, 7) is 1.46. The van der Waals surface area contributed by atoms with E-state index in [1.165, 1.54) is 0 Å². The summed E-state index contributed by atoms with van der Waals surface area (Å²) in [5.74, 6) is 1.95. The first-order chi connectivity index (χ1) is 9.03. The summed E-state index contributed by atoms with van der Waals surface area (Å²) in [5.41, 5.74) is 0. The van der Waals surface area contributed by atoms with Crippen LogP contribution in [0.5, 0.6) is 0 Å². The van der Waals surface area contributed by atoms with Crippen molar-refractivity contribution in [3.05, 3.63) is 0 Å². The fourth-order valence-electron chi connectivity index (χ4n) is 0.711. The van der Waals surface area contributed by atoms with Crippen LogP contribution in [-0.4, -0.2) is 75.9 Å². The molecule has 0 rings (SSSR count). The molecule has 0 spiro atoms. The van der Waals surface area contributed by atoms with E-state index in [4.69, 9.17) is 8.44 Å². The Labute approximate surface area is 158 Å². The standard InChI is InChI=1S/3C3H7OS2.Bi/c3*4-1-3(6)2-5;/h3*3,5-6H,1-2H2;/q3*-1;+3. The molecule has 0 saturated carbocycles. The van der Waals surface area contributed by atoms with Crippen LogP contribution in [0.2, 0.25) is 0 Å². The third kappa shape index (κ3) is 13.0. The van der Waals surface area contributed by atoms with E-state index < -0.39 is 23.1 Å². The van der Waals surface area contributed by atoms with Gasteiger partial charge in [-0.05, 0) is 0 Å². The number of hydrogen-bond donors (Lipinski definition) is 6. The summed E-state index contributed by atoms with van der Waals surface area (Å²) < 4.78 is 17.1. The first kappa shape index (κ1) is 21.9. The zero-order valence-electron chi connectivity index (χ0n) is 10.3. The molecule has 116 valence electrons. The molecular formula is C9H21BiO3S6. The molecule has 0 aliphatic carbocycles. The quantitative estimate of drug-likeness (QED) is 0.157. The minimum absolute atomic E-state index is 0.0846. The zero-order valence-corrected chi connectivity index (χ0v) is 19.2. The van der Waals surface area contributed by atoms with Crippen LogP contribution < -0.4 is 0 Å². The summed E-state index contributed by atoms with van der Waals surface area (Å²) >= 11 is 22.6. The monoisotopic (exact) mass is 578 g/mol. The Balaban J connectivity index is 4.06. The molecule has 0 aliphatic rings. The van der Waals surface area contributed by atoms with Crippen LogP contribution in [0.3, 0.4) is 0 Å². The Morgan fingerprint density at radius 1 is 0.632 bits per heavy atom. The molecule has 3 unspecified atom stereocenters. The van der Waals surface area contributed by atoms with E-state index >= 15 is 0 Å². The van der Waals surface area contributed by atoms with Gasteiger partial charge >= 0.3 is 160 Å². The van der Waals surface area contributed by atoms with Gasteiger partial charge in [0.15, 0.2) is 0 Å². The van der Waals surface area contributed by atoms with E-state index in [0.717, 1.165) is 0 Å². The van der Waals surface area contributed by atoms with E-state index in [1.54, 1.807) is 0 Å². The van der Waals surface area contributed by atoms with E-state index in [1.807, 2.05) is 0 Å². The third-order valence-electron chi connectivity index (χ3n) is 1.75. The Bertz CT molecular complexity index is 183. The van der Waals surface area contributed by atoms with Gasteiger partial charge in [0.1, 0.15) is 0 Å². The third-order valence-corrected chi connectivity index (χ3v) is 9.13. The maximum absolute atomic E-state index is 5.70. The molecule has 0 bridgehead atoms. The molecule has 0 aliphatic heterocycles.